The first-order valence-electron chi connectivity index (χ1n) is 11.3. The lowest BCUT2D eigenvalue weighted by Crippen LogP contribution is -2.50. The van der Waals surface area contributed by atoms with Gasteiger partial charge in [-0.25, -0.2) is 4.98 Å². The van der Waals surface area contributed by atoms with E-state index in [1.54, 1.807) is 7.11 Å². The van der Waals surface area contributed by atoms with Crippen LogP contribution >= 0.6 is 0 Å². The van der Waals surface area contributed by atoms with Gasteiger partial charge >= 0.3 is 0 Å². The van der Waals surface area contributed by atoms with Crippen molar-refractivity contribution in [1.82, 2.24) is 9.88 Å². The Balaban J connectivity index is 1.10. The Morgan fingerprint density at radius 2 is 1.74 bits per heavy atom. The number of aromatic nitrogens is 1. The van der Waals surface area contributed by atoms with Gasteiger partial charge in [0.05, 0.1) is 25.5 Å². The molecule has 5 rings (SSSR count). The molecule has 166 valence electrons. The van der Waals surface area contributed by atoms with E-state index in [-0.39, 0.29) is 6.10 Å². The number of piperidine rings is 1. The van der Waals surface area contributed by atoms with Crippen molar-refractivity contribution in [3.05, 3.63) is 48.7 Å². The Labute approximate surface area is 184 Å². The predicted octanol–water partition coefficient (Wildman–Crippen LogP) is 2.62. The highest BCUT2D eigenvalue weighted by molar-refractivity contribution is 5.58. The maximum Gasteiger partial charge on any atom is 0.172 e. The van der Waals surface area contributed by atoms with E-state index in [1.807, 2.05) is 30.5 Å². The van der Waals surface area contributed by atoms with Crippen LogP contribution in [0.1, 0.15) is 12.8 Å². The van der Waals surface area contributed by atoms with Crippen molar-refractivity contribution in [3.63, 3.8) is 0 Å². The minimum atomic E-state index is -0.408. The number of pyridine rings is 1. The van der Waals surface area contributed by atoms with E-state index in [9.17, 15) is 0 Å². The van der Waals surface area contributed by atoms with Crippen LogP contribution in [0.3, 0.4) is 0 Å². The van der Waals surface area contributed by atoms with Gasteiger partial charge in [0.2, 0.25) is 0 Å². The highest BCUT2D eigenvalue weighted by atomic mass is 16.7. The molecule has 0 bridgehead atoms. The predicted molar refractivity (Wildman–Crippen MR) is 121 cm³/mol. The Kier molecular flexibility index (Phi) is 5.98. The lowest BCUT2D eigenvalue weighted by atomic mass is 10.0. The van der Waals surface area contributed by atoms with Crippen LogP contribution in [0.25, 0.3) is 0 Å². The molecule has 7 nitrogen and oxygen atoms in total. The minimum Gasteiger partial charge on any atom is -0.495 e. The number of ether oxygens (including phenoxy) is 3. The first-order chi connectivity index (χ1) is 15.2. The van der Waals surface area contributed by atoms with Gasteiger partial charge in [0.1, 0.15) is 11.6 Å². The summed E-state index contributed by atoms with van der Waals surface area (Å²) in [5.41, 5.74) is 1.18. The maximum atomic E-state index is 6.48. The maximum absolute atomic E-state index is 6.48. The van der Waals surface area contributed by atoms with Gasteiger partial charge in [-0.1, -0.05) is 18.2 Å². The van der Waals surface area contributed by atoms with Crippen molar-refractivity contribution in [2.45, 2.75) is 24.7 Å². The Bertz CT molecular complexity index is 849. The van der Waals surface area contributed by atoms with E-state index in [2.05, 4.69) is 37.9 Å². The van der Waals surface area contributed by atoms with Crippen LogP contribution < -0.4 is 14.5 Å². The Hall–Kier alpha value is -2.35. The van der Waals surface area contributed by atoms with Crippen molar-refractivity contribution in [1.29, 1.82) is 0 Å². The summed E-state index contributed by atoms with van der Waals surface area (Å²) in [6.45, 7) is 7.51. The van der Waals surface area contributed by atoms with Crippen LogP contribution in [0.15, 0.2) is 48.7 Å². The van der Waals surface area contributed by atoms with Gasteiger partial charge in [0, 0.05) is 64.9 Å². The molecule has 0 amide bonds. The number of piperazine rings is 1. The lowest BCUT2D eigenvalue weighted by molar-refractivity contribution is -0.181. The van der Waals surface area contributed by atoms with Gasteiger partial charge in [-0.05, 0) is 24.3 Å². The topological polar surface area (TPSA) is 50.3 Å². The van der Waals surface area contributed by atoms with E-state index in [1.165, 1.54) is 5.69 Å². The molecule has 0 aliphatic carbocycles. The van der Waals surface area contributed by atoms with E-state index >= 15 is 0 Å². The van der Waals surface area contributed by atoms with Crippen LogP contribution in [-0.2, 0) is 9.47 Å². The molecule has 3 aliphatic heterocycles. The summed E-state index contributed by atoms with van der Waals surface area (Å²) in [5, 5.41) is 0. The Morgan fingerprint density at radius 1 is 0.968 bits per heavy atom. The summed E-state index contributed by atoms with van der Waals surface area (Å²) >= 11 is 0. The molecular formula is C24H32N4O3. The second-order valence-electron chi connectivity index (χ2n) is 8.60. The van der Waals surface area contributed by atoms with Gasteiger partial charge in [-0.3, -0.25) is 4.90 Å². The van der Waals surface area contributed by atoms with Gasteiger partial charge < -0.3 is 24.0 Å². The molecule has 2 aromatic rings. The Morgan fingerprint density at radius 3 is 2.48 bits per heavy atom. The van der Waals surface area contributed by atoms with Crippen LogP contribution in [0, 0.1) is 0 Å². The SMILES string of the molecule is COc1ccccc1N1CCN(CC2COC3(CCN(c4ccccn4)CC3)O2)CC1. The quantitative estimate of drug-likeness (QED) is 0.731. The number of hydrogen-bond acceptors (Lipinski definition) is 7. The molecule has 7 heteroatoms. The second-order valence-corrected chi connectivity index (χ2v) is 8.60. The fourth-order valence-corrected chi connectivity index (χ4v) is 4.94. The first-order valence-corrected chi connectivity index (χ1v) is 11.3. The van der Waals surface area contributed by atoms with E-state index in [0.717, 1.165) is 70.2 Å². The summed E-state index contributed by atoms with van der Waals surface area (Å²) in [4.78, 5) is 11.7. The summed E-state index contributed by atoms with van der Waals surface area (Å²) in [7, 11) is 1.74. The van der Waals surface area contributed by atoms with Crippen LogP contribution in [0.4, 0.5) is 11.5 Å². The van der Waals surface area contributed by atoms with Crippen molar-refractivity contribution >= 4 is 11.5 Å². The number of anilines is 2. The van der Waals surface area contributed by atoms with Crippen molar-refractivity contribution < 1.29 is 14.2 Å². The fraction of sp³-hybridized carbons (Fsp3) is 0.542. The third kappa shape index (κ3) is 4.49. The van der Waals surface area contributed by atoms with Gasteiger partial charge in [0.25, 0.3) is 0 Å². The van der Waals surface area contributed by atoms with E-state index in [4.69, 9.17) is 14.2 Å². The van der Waals surface area contributed by atoms with Gasteiger partial charge in [-0.15, -0.1) is 0 Å². The number of methoxy groups -OCH3 is 1. The number of benzene rings is 1. The molecule has 3 aliphatic rings. The minimum absolute atomic E-state index is 0.152. The number of para-hydroxylation sites is 2. The zero-order chi connectivity index (χ0) is 21.1. The smallest absolute Gasteiger partial charge is 0.172 e. The van der Waals surface area contributed by atoms with Crippen molar-refractivity contribution in [3.8, 4) is 5.75 Å². The van der Waals surface area contributed by atoms with Crippen LogP contribution in [0.2, 0.25) is 0 Å². The van der Waals surface area contributed by atoms with Crippen LogP contribution in [-0.4, -0.2) is 81.3 Å². The molecule has 31 heavy (non-hydrogen) atoms. The van der Waals surface area contributed by atoms with E-state index < -0.39 is 5.79 Å². The molecule has 0 N–H and O–H groups in total. The molecule has 1 aromatic heterocycles. The number of rotatable bonds is 5. The molecule has 3 fully saturated rings. The highest BCUT2D eigenvalue weighted by Crippen LogP contribution is 2.35. The molecule has 1 unspecified atom stereocenters. The highest BCUT2D eigenvalue weighted by Gasteiger charge is 2.44. The molecule has 1 spiro atoms. The molecule has 0 saturated carbocycles. The normalized spacial score (nSPS) is 24.0. The zero-order valence-corrected chi connectivity index (χ0v) is 18.3. The van der Waals surface area contributed by atoms with Gasteiger partial charge in [-0.2, -0.15) is 0 Å². The molecule has 0 radical (unpaired) electrons. The second kappa shape index (κ2) is 9.02. The standard InChI is InChI=1S/C24H32N4O3/c1-29-22-7-3-2-6-21(22)27-16-14-26(15-17-27)18-20-19-30-24(31-20)9-12-28(13-10-24)23-8-4-5-11-25-23/h2-8,11,20H,9-10,12-19H2,1H3. The average molecular weight is 425 g/mol. The van der Waals surface area contributed by atoms with Crippen molar-refractivity contribution in [2.24, 2.45) is 0 Å². The van der Waals surface area contributed by atoms with Crippen LogP contribution in [0.5, 0.6) is 5.75 Å². The molecule has 1 atom stereocenters. The summed E-state index contributed by atoms with van der Waals surface area (Å²) in [6.07, 6.45) is 3.79. The third-order valence-electron chi connectivity index (χ3n) is 6.67. The van der Waals surface area contributed by atoms with Gasteiger partial charge in [0.15, 0.2) is 5.79 Å². The lowest BCUT2D eigenvalue weighted by Gasteiger charge is -2.39. The molecule has 3 saturated heterocycles. The van der Waals surface area contributed by atoms with Crippen molar-refractivity contribution in [2.75, 3.05) is 69.3 Å². The third-order valence-corrected chi connectivity index (χ3v) is 6.67. The average Bonchev–Trinajstić information content (AvgIpc) is 3.22. The molecule has 4 heterocycles. The summed E-state index contributed by atoms with van der Waals surface area (Å²) < 4.78 is 18.2. The number of nitrogens with zero attached hydrogens (tertiary/aromatic N) is 4. The zero-order valence-electron chi connectivity index (χ0n) is 18.3. The largest absolute Gasteiger partial charge is 0.495 e. The van der Waals surface area contributed by atoms with E-state index in [0.29, 0.717) is 6.61 Å². The summed E-state index contributed by atoms with van der Waals surface area (Å²) in [6, 6.07) is 14.3. The fourth-order valence-electron chi connectivity index (χ4n) is 4.94. The summed E-state index contributed by atoms with van der Waals surface area (Å²) in [5.74, 6) is 1.58. The first kappa shape index (κ1) is 20.5. The molecule has 1 aromatic carbocycles. The monoisotopic (exact) mass is 424 g/mol. The number of hydrogen-bond donors (Lipinski definition) is 0. The molecular weight excluding hydrogens is 392 g/mol.